The number of aryl methyl sites for hydroxylation is 1. The summed E-state index contributed by atoms with van der Waals surface area (Å²) in [5.74, 6) is -0.290. The highest BCUT2D eigenvalue weighted by Gasteiger charge is 2.20. The quantitative estimate of drug-likeness (QED) is 0.288. The van der Waals surface area contributed by atoms with Crippen LogP contribution in [0.15, 0.2) is 23.6 Å². The van der Waals surface area contributed by atoms with Gasteiger partial charge in [0.25, 0.3) is 0 Å². The van der Waals surface area contributed by atoms with Gasteiger partial charge < -0.3 is 10.9 Å². The lowest BCUT2D eigenvalue weighted by molar-refractivity contribution is -0.384. The van der Waals surface area contributed by atoms with Crippen molar-refractivity contribution in [1.82, 2.24) is 14.8 Å². The van der Waals surface area contributed by atoms with E-state index in [2.05, 4.69) is 15.2 Å². The smallest absolute Gasteiger partial charge is 0.314 e. The fourth-order valence-corrected chi connectivity index (χ4v) is 1.63. The molecule has 104 valence electrons. The van der Waals surface area contributed by atoms with Crippen LogP contribution in [0, 0.1) is 17.0 Å². The van der Waals surface area contributed by atoms with Crippen molar-refractivity contribution in [1.29, 1.82) is 0 Å². The molecule has 0 aliphatic heterocycles. The van der Waals surface area contributed by atoms with Crippen LogP contribution in [-0.2, 0) is 0 Å². The van der Waals surface area contributed by atoms with Crippen LogP contribution >= 0.6 is 11.6 Å². The summed E-state index contributed by atoms with van der Waals surface area (Å²) in [6, 6.07) is 1.14. The summed E-state index contributed by atoms with van der Waals surface area (Å²) < 4.78 is 1.20. The lowest BCUT2D eigenvalue weighted by Crippen LogP contribution is -2.15. The maximum atomic E-state index is 11.1. The highest BCUT2D eigenvalue weighted by molar-refractivity contribution is 6.31. The standard InChI is InChI=1S/C10H9ClN6O3/c1-5-7(11)4-16(14-5)10-8(17(19)20)2-6(3-13-10)9(12)15-18/h2-4,18H,1H3,(H2,12,15). The molecule has 0 aliphatic rings. The lowest BCUT2D eigenvalue weighted by atomic mass is 10.2. The van der Waals surface area contributed by atoms with E-state index in [0.29, 0.717) is 10.7 Å². The van der Waals surface area contributed by atoms with E-state index in [4.69, 9.17) is 22.5 Å². The number of aromatic nitrogens is 3. The van der Waals surface area contributed by atoms with Gasteiger partial charge in [-0.15, -0.1) is 0 Å². The Hall–Kier alpha value is -2.68. The number of halogens is 1. The van der Waals surface area contributed by atoms with Crippen LogP contribution < -0.4 is 5.73 Å². The maximum absolute atomic E-state index is 11.1. The number of nitro groups is 1. The third kappa shape index (κ3) is 2.38. The van der Waals surface area contributed by atoms with Crippen molar-refractivity contribution in [2.24, 2.45) is 10.9 Å². The topological polar surface area (TPSA) is 132 Å². The summed E-state index contributed by atoms with van der Waals surface area (Å²) in [5, 5.41) is 26.8. The van der Waals surface area contributed by atoms with Gasteiger partial charge in [-0.3, -0.25) is 10.1 Å². The summed E-state index contributed by atoms with van der Waals surface area (Å²) in [6.45, 7) is 1.66. The zero-order valence-electron chi connectivity index (χ0n) is 10.2. The van der Waals surface area contributed by atoms with Gasteiger partial charge in [0.05, 0.1) is 21.8 Å². The van der Waals surface area contributed by atoms with Gasteiger partial charge in [-0.2, -0.15) is 5.10 Å². The van der Waals surface area contributed by atoms with E-state index in [1.807, 2.05) is 0 Å². The molecule has 10 heteroatoms. The third-order valence-corrected chi connectivity index (χ3v) is 2.87. The second kappa shape index (κ2) is 5.13. The number of nitrogens with zero attached hydrogens (tertiary/aromatic N) is 5. The first-order valence-corrected chi connectivity index (χ1v) is 5.66. The first-order valence-electron chi connectivity index (χ1n) is 5.28. The second-order valence-corrected chi connectivity index (χ2v) is 4.22. The Bertz CT molecular complexity index is 692. The number of hydrogen-bond acceptors (Lipinski definition) is 6. The summed E-state index contributed by atoms with van der Waals surface area (Å²) in [4.78, 5) is 14.4. The van der Waals surface area contributed by atoms with Crippen molar-refractivity contribution in [2.75, 3.05) is 0 Å². The molecule has 0 atom stereocenters. The van der Waals surface area contributed by atoms with Gasteiger partial charge in [0.15, 0.2) is 5.84 Å². The van der Waals surface area contributed by atoms with Crippen LogP contribution in [0.4, 0.5) is 5.69 Å². The Morgan fingerprint density at radius 1 is 1.65 bits per heavy atom. The second-order valence-electron chi connectivity index (χ2n) is 3.82. The third-order valence-electron chi connectivity index (χ3n) is 2.50. The Morgan fingerprint density at radius 3 is 2.85 bits per heavy atom. The molecule has 0 saturated heterocycles. The van der Waals surface area contributed by atoms with Gasteiger partial charge in [0.2, 0.25) is 5.82 Å². The van der Waals surface area contributed by atoms with Crippen LogP contribution in [0.5, 0.6) is 0 Å². The van der Waals surface area contributed by atoms with Crippen molar-refractivity contribution >= 4 is 23.1 Å². The monoisotopic (exact) mass is 296 g/mol. The van der Waals surface area contributed by atoms with E-state index in [9.17, 15) is 10.1 Å². The molecule has 0 unspecified atom stereocenters. The number of amidine groups is 1. The average molecular weight is 297 g/mol. The molecule has 0 saturated carbocycles. The molecule has 2 heterocycles. The predicted octanol–water partition coefficient (Wildman–Crippen LogP) is 1.23. The molecule has 0 radical (unpaired) electrons. The molecule has 2 aromatic heterocycles. The lowest BCUT2D eigenvalue weighted by Gasteiger charge is -2.04. The van der Waals surface area contributed by atoms with Crippen molar-refractivity contribution in [3.05, 3.63) is 44.9 Å². The van der Waals surface area contributed by atoms with E-state index in [0.717, 1.165) is 6.07 Å². The number of rotatable bonds is 3. The molecular formula is C10H9ClN6O3. The van der Waals surface area contributed by atoms with Gasteiger partial charge in [-0.1, -0.05) is 16.8 Å². The Morgan fingerprint density at radius 2 is 2.35 bits per heavy atom. The molecule has 0 amide bonds. The van der Waals surface area contributed by atoms with Crippen LogP contribution in [0.2, 0.25) is 5.02 Å². The molecule has 3 N–H and O–H groups in total. The van der Waals surface area contributed by atoms with E-state index in [-0.39, 0.29) is 22.9 Å². The summed E-state index contributed by atoms with van der Waals surface area (Å²) in [7, 11) is 0. The first-order chi connectivity index (χ1) is 9.43. The molecule has 0 spiro atoms. The van der Waals surface area contributed by atoms with E-state index in [1.54, 1.807) is 6.92 Å². The number of hydrogen-bond donors (Lipinski definition) is 2. The Balaban J connectivity index is 2.62. The molecule has 2 rings (SSSR count). The summed E-state index contributed by atoms with van der Waals surface area (Å²) in [5.41, 5.74) is 5.67. The Labute approximate surface area is 117 Å². The van der Waals surface area contributed by atoms with Gasteiger partial charge in [0, 0.05) is 17.8 Å². The SMILES string of the molecule is Cc1nn(-c2ncc(/C(N)=N/O)cc2[N+](=O)[O-])cc1Cl. The zero-order chi connectivity index (χ0) is 14.9. The summed E-state index contributed by atoms with van der Waals surface area (Å²) in [6.07, 6.45) is 2.65. The van der Waals surface area contributed by atoms with Crippen molar-refractivity contribution in [3.63, 3.8) is 0 Å². The molecule has 0 fully saturated rings. The number of oxime groups is 1. The molecular weight excluding hydrogens is 288 g/mol. The fourth-order valence-electron chi connectivity index (χ4n) is 1.50. The van der Waals surface area contributed by atoms with Crippen molar-refractivity contribution in [3.8, 4) is 5.82 Å². The largest absolute Gasteiger partial charge is 0.409 e. The minimum atomic E-state index is -0.637. The van der Waals surface area contributed by atoms with E-state index < -0.39 is 4.92 Å². The molecule has 0 aromatic carbocycles. The van der Waals surface area contributed by atoms with E-state index in [1.165, 1.54) is 17.1 Å². The van der Waals surface area contributed by atoms with Gasteiger partial charge in [0.1, 0.15) is 0 Å². The van der Waals surface area contributed by atoms with Crippen molar-refractivity contribution < 1.29 is 10.1 Å². The highest BCUT2D eigenvalue weighted by atomic mass is 35.5. The van der Waals surface area contributed by atoms with Crippen LogP contribution in [-0.4, -0.2) is 30.7 Å². The molecule has 9 nitrogen and oxygen atoms in total. The molecule has 0 aliphatic carbocycles. The Kier molecular flexibility index (Phi) is 3.53. The minimum Gasteiger partial charge on any atom is -0.409 e. The highest BCUT2D eigenvalue weighted by Crippen LogP contribution is 2.23. The molecule has 20 heavy (non-hydrogen) atoms. The molecule has 0 bridgehead atoms. The normalized spacial score (nSPS) is 11.6. The van der Waals surface area contributed by atoms with Crippen LogP contribution in [0.3, 0.4) is 0 Å². The van der Waals surface area contributed by atoms with Gasteiger partial charge >= 0.3 is 5.69 Å². The van der Waals surface area contributed by atoms with E-state index >= 15 is 0 Å². The predicted molar refractivity (Wildman–Crippen MR) is 70.3 cm³/mol. The van der Waals surface area contributed by atoms with Gasteiger partial charge in [-0.25, -0.2) is 9.67 Å². The number of nitrogens with two attached hydrogens (primary N) is 1. The number of pyridine rings is 1. The average Bonchev–Trinajstić information content (AvgIpc) is 2.77. The minimum absolute atomic E-state index is 0.0144. The zero-order valence-corrected chi connectivity index (χ0v) is 10.9. The fraction of sp³-hybridized carbons (Fsp3) is 0.100. The summed E-state index contributed by atoms with van der Waals surface area (Å²) >= 11 is 5.86. The molecule has 2 aromatic rings. The van der Waals surface area contributed by atoms with Gasteiger partial charge in [-0.05, 0) is 6.92 Å². The maximum Gasteiger partial charge on any atom is 0.314 e. The van der Waals surface area contributed by atoms with Crippen molar-refractivity contribution in [2.45, 2.75) is 6.92 Å². The van der Waals surface area contributed by atoms with Crippen LogP contribution in [0.1, 0.15) is 11.3 Å². The van der Waals surface area contributed by atoms with Crippen LogP contribution in [0.25, 0.3) is 5.82 Å². The first kappa shape index (κ1) is 13.7.